The van der Waals surface area contributed by atoms with Crippen LogP contribution in [0.25, 0.3) is 11.5 Å². The predicted molar refractivity (Wildman–Crippen MR) is 70.3 cm³/mol. The molecule has 0 saturated carbocycles. The van der Waals surface area contributed by atoms with Crippen molar-refractivity contribution in [2.75, 3.05) is 6.54 Å². The number of rotatable bonds is 1. The smallest absolute Gasteiger partial charge is 0.407 e. The van der Waals surface area contributed by atoms with Crippen LogP contribution in [0.2, 0.25) is 0 Å². The van der Waals surface area contributed by atoms with Crippen LogP contribution in [0.5, 0.6) is 0 Å². The molecule has 0 fully saturated rings. The highest BCUT2D eigenvalue weighted by Crippen LogP contribution is 2.20. The van der Waals surface area contributed by atoms with Crippen molar-refractivity contribution in [2.45, 2.75) is 13.0 Å². The Hall–Kier alpha value is -2.70. The fourth-order valence-electron chi connectivity index (χ4n) is 2.24. The van der Waals surface area contributed by atoms with Crippen molar-refractivity contribution in [3.8, 4) is 11.5 Å². The van der Waals surface area contributed by atoms with Crippen LogP contribution in [0, 0.1) is 5.82 Å². The molecule has 0 bridgehead atoms. The summed E-state index contributed by atoms with van der Waals surface area (Å²) in [6.45, 7) is 0.287. The summed E-state index contributed by atoms with van der Waals surface area (Å²) in [5.74, 6) is -0.345. The number of hydrogen-bond acceptors (Lipinski definition) is 4. The average molecular weight is 290 g/mol. The molecule has 1 N–H and O–H groups in total. The first-order valence-electron chi connectivity index (χ1n) is 6.31. The first-order chi connectivity index (χ1) is 10.0. The zero-order chi connectivity index (χ0) is 15.0. The molecule has 2 heterocycles. The largest absolute Gasteiger partial charge is 0.465 e. The van der Waals surface area contributed by atoms with E-state index in [4.69, 9.17) is 9.52 Å². The maximum Gasteiger partial charge on any atom is 0.407 e. The molecule has 0 saturated heterocycles. The topological polar surface area (TPSA) is 83.6 Å². The maximum absolute atomic E-state index is 12.9. The van der Waals surface area contributed by atoms with Crippen molar-refractivity contribution in [3.05, 3.63) is 51.8 Å². The van der Waals surface area contributed by atoms with Crippen LogP contribution in [0.1, 0.15) is 11.3 Å². The zero-order valence-corrected chi connectivity index (χ0v) is 10.9. The predicted octanol–water partition coefficient (Wildman–Crippen LogP) is 1.88. The molecule has 0 unspecified atom stereocenters. The summed E-state index contributed by atoms with van der Waals surface area (Å²) >= 11 is 0. The summed E-state index contributed by atoms with van der Waals surface area (Å²) in [6.07, 6.45) is -0.778. The lowest BCUT2D eigenvalue weighted by molar-refractivity contribution is 0.138. The molecule has 0 atom stereocenters. The van der Waals surface area contributed by atoms with Gasteiger partial charge >= 0.3 is 11.7 Å². The number of benzene rings is 1. The first kappa shape index (κ1) is 13.3. The van der Waals surface area contributed by atoms with Crippen LogP contribution in [-0.2, 0) is 13.0 Å². The zero-order valence-electron chi connectivity index (χ0n) is 10.9. The van der Waals surface area contributed by atoms with Gasteiger partial charge < -0.3 is 14.4 Å². The van der Waals surface area contributed by atoms with Crippen LogP contribution >= 0.6 is 0 Å². The number of aromatic nitrogens is 1. The number of fused-ring (bicyclic) bond motifs is 1. The van der Waals surface area contributed by atoms with Crippen molar-refractivity contribution in [1.29, 1.82) is 0 Å². The molecule has 108 valence electrons. The molecule has 1 aromatic heterocycles. The van der Waals surface area contributed by atoms with Gasteiger partial charge in [0.05, 0.1) is 17.8 Å². The van der Waals surface area contributed by atoms with E-state index in [2.05, 4.69) is 4.98 Å². The van der Waals surface area contributed by atoms with Crippen molar-refractivity contribution >= 4 is 6.09 Å². The number of halogens is 1. The molecular formula is C14H11FN2O4. The normalized spacial score (nSPS) is 13.9. The minimum absolute atomic E-state index is 0.0461. The molecule has 2 aromatic rings. The molecule has 21 heavy (non-hydrogen) atoms. The van der Waals surface area contributed by atoms with Crippen LogP contribution < -0.4 is 5.63 Å². The van der Waals surface area contributed by atoms with Crippen molar-refractivity contribution in [3.63, 3.8) is 0 Å². The quantitative estimate of drug-likeness (QED) is 0.867. The van der Waals surface area contributed by atoms with Crippen LogP contribution in [0.15, 0.2) is 33.5 Å². The van der Waals surface area contributed by atoms with Gasteiger partial charge in [-0.15, -0.1) is 0 Å². The molecule has 0 radical (unpaired) electrons. The summed E-state index contributed by atoms with van der Waals surface area (Å²) in [7, 11) is 0. The SMILES string of the molecule is O=C(O)N1CCc2c(nc(-c3ccc(F)cc3)oc2=O)C1. The van der Waals surface area contributed by atoms with Gasteiger partial charge in [-0.25, -0.2) is 19.0 Å². The molecule has 1 aliphatic heterocycles. The molecule has 1 amide bonds. The van der Waals surface area contributed by atoms with Crippen molar-refractivity contribution < 1.29 is 18.7 Å². The molecule has 1 aromatic carbocycles. The summed E-state index contributed by atoms with van der Waals surface area (Å²) in [6, 6.07) is 5.37. The summed E-state index contributed by atoms with van der Waals surface area (Å²) in [4.78, 5) is 28.3. The first-order valence-corrected chi connectivity index (χ1v) is 6.31. The Bertz CT molecular complexity index is 755. The molecule has 7 heteroatoms. The third-order valence-electron chi connectivity index (χ3n) is 3.35. The third-order valence-corrected chi connectivity index (χ3v) is 3.35. The second-order valence-electron chi connectivity index (χ2n) is 4.69. The van der Waals surface area contributed by atoms with Gasteiger partial charge in [0, 0.05) is 12.1 Å². The van der Waals surface area contributed by atoms with Gasteiger partial charge in [0.25, 0.3) is 0 Å². The monoisotopic (exact) mass is 290 g/mol. The Labute approximate surface area is 118 Å². The molecule has 6 nitrogen and oxygen atoms in total. The highest BCUT2D eigenvalue weighted by atomic mass is 19.1. The summed E-state index contributed by atoms with van der Waals surface area (Å²) in [5, 5.41) is 9.00. The van der Waals surface area contributed by atoms with Crippen LogP contribution in [0.4, 0.5) is 9.18 Å². The fraction of sp³-hybridized carbons (Fsp3) is 0.214. The van der Waals surface area contributed by atoms with Crippen molar-refractivity contribution in [2.24, 2.45) is 0 Å². The highest BCUT2D eigenvalue weighted by molar-refractivity contribution is 5.65. The van der Waals surface area contributed by atoms with Gasteiger partial charge in [0.15, 0.2) is 0 Å². The number of carbonyl (C=O) groups is 1. The van der Waals surface area contributed by atoms with E-state index in [0.29, 0.717) is 16.8 Å². The van der Waals surface area contributed by atoms with Crippen LogP contribution in [-0.4, -0.2) is 27.6 Å². The third kappa shape index (κ3) is 2.49. The Morgan fingerprint density at radius 2 is 2.05 bits per heavy atom. The number of carboxylic acid groups (broad SMARTS) is 1. The lowest BCUT2D eigenvalue weighted by Gasteiger charge is -2.24. The molecular weight excluding hydrogens is 279 g/mol. The van der Waals surface area contributed by atoms with Gasteiger partial charge in [-0.3, -0.25) is 0 Å². The maximum atomic E-state index is 12.9. The second kappa shape index (κ2) is 5.01. The van der Waals surface area contributed by atoms with E-state index in [0.717, 1.165) is 0 Å². The standard InChI is InChI=1S/C14H11FN2O4/c15-9-3-1-8(2-4-9)12-16-11-7-17(14(19)20)6-5-10(11)13(18)21-12/h1-4H,5-7H2,(H,19,20). The van der Waals surface area contributed by atoms with E-state index < -0.39 is 17.5 Å². The fourth-order valence-corrected chi connectivity index (χ4v) is 2.24. The van der Waals surface area contributed by atoms with Gasteiger partial charge in [-0.05, 0) is 30.7 Å². The average Bonchev–Trinajstić information content (AvgIpc) is 2.47. The number of nitrogens with zero attached hydrogens (tertiary/aromatic N) is 2. The van der Waals surface area contributed by atoms with E-state index in [-0.39, 0.29) is 25.4 Å². The second-order valence-corrected chi connectivity index (χ2v) is 4.69. The number of amides is 1. The van der Waals surface area contributed by atoms with Crippen molar-refractivity contribution in [1.82, 2.24) is 9.88 Å². The Kier molecular flexibility index (Phi) is 3.17. The molecule has 0 spiro atoms. The Morgan fingerprint density at radius 3 is 2.71 bits per heavy atom. The Balaban J connectivity index is 2.04. The minimum atomic E-state index is -1.06. The molecule has 3 rings (SSSR count). The van der Waals surface area contributed by atoms with Gasteiger partial charge in [-0.1, -0.05) is 0 Å². The van der Waals surface area contributed by atoms with E-state index in [1.54, 1.807) is 0 Å². The summed E-state index contributed by atoms with van der Waals surface area (Å²) < 4.78 is 18.1. The lowest BCUT2D eigenvalue weighted by atomic mass is 10.1. The Morgan fingerprint density at radius 1 is 1.33 bits per heavy atom. The van der Waals surface area contributed by atoms with Crippen LogP contribution in [0.3, 0.4) is 0 Å². The minimum Gasteiger partial charge on any atom is -0.465 e. The van der Waals surface area contributed by atoms with E-state index in [1.165, 1.54) is 29.2 Å². The van der Waals surface area contributed by atoms with E-state index in [9.17, 15) is 14.0 Å². The molecule has 0 aliphatic carbocycles. The van der Waals surface area contributed by atoms with Gasteiger partial charge in [0.1, 0.15) is 5.82 Å². The lowest BCUT2D eigenvalue weighted by Crippen LogP contribution is -2.37. The van der Waals surface area contributed by atoms with E-state index >= 15 is 0 Å². The van der Waals surface area contributed by atoms with E-state index in [1.807, 2.05) is 0 Å². The number of hydrogen-bond donors (Lipinski definition) is 1. The summed E-state index contributed by atoms with van der Waals surface area (Å²) in [5.41, 5.74) is 0.727. The van der Waals surface area contributed by atoms with Gasteiger partial charge in [-0.2, -0.15) is 0 Å². The van der Waals surface area contributed by atoms with Gasteiger partial charge in [0.2, 0.25) is 5.89 Å². The molecule has 1 aliphatic rings. The highest BCUT2D eigenvalue weighted by Gasteiger charge is 2.25.